The highest BCUT2D eigenvalue weighted by Crippen LogP contribution is 2.52. The second kappa shape index (κ2) is 7.38. The molecule has 3 aromatic rings. The number of piperidine rings is 1. The van der Waals surface area contributed by atoms with E-state index in [2.05, 4.69) is 60.7 Å². The van der Waals surface area contributed by atoms with Crippen molar-refractivity contribution < 1.29 is 9.59 Å². The lowest BCUT2D eigenvalue weighted by Gasteiger charge is -2.44. The first-order chi connectivity index (χ1) is 14.3. The Morgan fingerprint density at radius 2 is 0.966 bits per heavy atom. The number of quaternary nitrogens is 1. The first-order valence-electron chi connectivity index (χ1n) is 10.5. The van der Waals surface area contributed by atoms with Crippen LogP contribution in [0.15, 0.2) is 96.9 Å². The fourth-order valence-corrected chi connectivity index (χ4v) is 4.98. The van der Waals surface area contributed by atoms with Crippen LogP contribution in [0.25, 0.3) is 16.8 Å². The molecule has 2 heterocycles. The Labute approximate surface area is 172 Å². The van der Waals surface area contributed by atoms with Gasteiger partial charge in [0.15, 0.2) is 5.70 Å². The predicted octanol–water partition coefficient (Wildman–Crippen LogP) is 5.30. The molecule has 5 rings (SSSR count). The van der Waals surface area contributed by atoms with Crippen molar-refractivity contribution in [2.75, 3.05) is 13.1 Å². The van der Waals surface area contributed by atoms with Crippen LogP contribution in [-0.2, 0) is 0 Å². The Kier molecular flexibility index (Phi) is 4.57. The average Bonchev–Trinajstić information content (AvgIpc) is 3.04. The number of benzene rings is 3. The summed E-state index contributed by atoms with van der Waals surface area (Å²) in [6.45, 7) is 1.77. The third-order valence-corrected chi connectivity index (χ3v) is 6.27. The third-order valence-electron chi connectivity index (χ3n) is 6.27. The fourth-order valence-electron chi connectivity index (χ4n) is 4.98. The highest BCUT2D eigenvalue weighted by Gasteiger charge is 2.45. The van der Waals surface area contributed by atoms with Gasteiger partial charge in [-0.1, -0.05) is 78.9 Å². The van der Waals surface area contributed by atoms with E-state index < -0.39 is 0 Å². The highest BCUT2D eigenvalue weighted by molar-refractivity contribution is 6.15. The molecule has 0 aliphatic carbocycles. The van der Waals surface area contributed by atoms with E-state index >= 15 is 0 Å². The second-order valence-electron chi connectivity index (χ2n) is 7.98. The summed E-state index contributed by atoms with van der Waals surface area (Å²) < 4.78 is 0.457. The summed E-state index contributed by atoms with van der Waals surface area (Å²) in [6, 6.07) is 31.2. The average molecular weight is 380 g/mol. The van der Waals surface area contributed by atoms with Gasteiger partial charge in [-0.2, -0.15) is 0 Å². The van der Waals surface area contributed by atoms with Crippen LogP contribution in [0, 0.1) is 0 Å². The van der Waals surface area contributed by atoms with E-state index in [1.54, 1.807) is 0 Å². The number of allylic oxidation sites excluding steroid dienone is 2. The van der Waals surface area contributed by atoms with Gasteiger partial charge in [0.1, 0.15) is 0 Å². The molecular weight excluding hydrogens is 354 g/mol. The first kappa shape index (κ1) is 18.0. The normalized spacial score (nSPS) is 18.5. The number of nitrogens with zero attached hydrogens (tertiary/aromatic N) is 1. The minimum absolute atomic E-state index is 0.258. The lowest BCUT2D eigenvalue weighted by atomic mass is 9.91. The topological polar surface area (TPSA) is 23.1 Å². The van der Waals surface area contributed by atoms with Crippen molar-refractivity contribution in [3.63, 3.8) is 0 Å². The van der Waals surface area contributed by atoms with Gasteiger partial charge in [-0.05, 0) is 42.5 Å². The molecule has 1 fully saturated rings. The molecule has 29 heavy (non-hydrogen) atoms. The molecule has 2 aliphatic rings. The Morgan fingerprint density at radius 3 is 1.48 bits per heavy atom. The van der Waals surface area contributed by atoms with Crippen molar-refractivity contribution in [1.82, 2.24) is 0 Å². The van der Waals surface area contributed by atoms with E-state index in [4.69, 9.17) is 0 Å². The zero-order chi connectivity index (χ0) is 19.7. The number of hydrogen-bond acceptors (Lipinski definition) is 1. The molecule has 0 aromatic heterocycles. The summed E-state index contributed by atoms with van der Waals surface area (Å²) in [6.07, 6.45) is 3.38. The monoisotopic (exact) mass is 379 g/mol. The van der Waals surface area contributed by atoms with Crippen LogP contribution in [-0.4, -0.2) is 17.6 Å². The van der Waals surface area contributed by atoms with E-state index in [1.807, 2.05) is 30.3 Å². The Bertz CT molecular complexity index is 1060. The van der Waals surface area contributed by atoms with Crippen molar-refractivity contribution in [3.05, 3.63) is 114 Å². The van der Waals surface area contributed by atoms with Gasteiger partial charge in [-0.15, -0.1) is 0 Å². The van der Waals surface area contributed by atoms with Crippen LogP contribution in [0.2, 0.25) is 0 Å². The van der Waals surface area contributed by atoms with E-state index in [0.717, 1.165) is 53.8 Å². The van der Waals surface area contributed by atoms with Crippen LogP contribution in [0.3, 0.4) is 0 Å². The zero-order valence-electron chi connectivity index (χ0n) is 16.6. The highest BCUT2D eigenvalue weighted by atomic mass is 16.3. The van der Waals surface area contributed by atoms with Gasteiger partial charge in [0.05, 0.1) is 24.5 Å². The Balaban J connectivity index is 1.86. The van der Waals surface area contributed by atoms with E-state index in [-0.39, 0.29) is 5.88 Å². The van der Waals surface area contributed by atoms with E-state index in [0.29, 0.717) is 4.48 Å². The molecule has 2 nitrogen and oxygen atoms in total. The molecule has 2 aliphatic heterocycles. The SMILES string of the molecule is [O-]C1=C(c2ccccc2)C(c2ccccc2)=C(c2ccccc2)[N+]12CCCCC2. The maximum atomic E-state index is 14.1. The minimum Gasteiger partial charge on any atom is -0.830 e. The lowest BCUT2D eigenvalue weighted by Crippen LogP contribution is -2.51. The maximum absolute atomic E-state index is 14.1. The second-order valence-corrected chi connectivity index (χ2v) is 7.98. The van der Waals surface area contributed by atoms with Gasteiger partial charge in [-0.25, -0.2) is 0 Å². The number of rotatable bonds is 3. The molecule has 0 atom stereocenters. The summed E-state index contributed by atoms with van der Waals surface area (Å²) in [4.78, 5) is 0. The van der Waals surface area contributed by atoms with Gasteiger partial charge in [-0.3, -0.25) is 4.48 Å². The summed E-state index contributed by atoms with van der Waals surface area (Å²) in [5, 5.41) is 14.1. The summed E-state index contributed by atoms with van der Waals surface area (Å²) in [5.41, 5.74) is 6.46. The molecule has 0 N–H and O–H groups in total. The van der Waals surface area contributed by atoms with Gasteiger partial charge in [0, 0.05) is 11.1 Å². The molecule has 1 saturated heterocycles. The van der Waals surface area contributed by atoms with Gasteiger partial charge in [0.2, 0.25) is 0 Å². The van der Waals surface area contributed by atoms with Crippen molar-refractivity contribution in [2.24, 2.45) is 0 Å². The third kappa shape index (κ3) is 2.92. The van der Waals surface area contributed by atoms with Crippen LogP contribution < -0.4 is 5.11 Å². The molecule has 0 bridgehead atoms. The zero-order valence-corrected chi connectivity index (χ0v) is 16.6. The predicted molar refractivity (Wildman–Crippen MR) is 117 cm³/mol. The Morgan fingerprint density at radius 1 is 0.517 bits per heavy atom. The van der Waals surface area contributed by atoms with Gasteiger partial charge < -0.3 is 5.11 Å². The molecule has 3 aromatic carbocycles. The van der Waals surface area contributed by atoms with Crippen LogP contribution in [0.1, 0.15) is 36.0 Å². The van der Waals surface area contributed by atoms with Crippen molar-refractivity contribution in [3.8, 4) is 0 Å². The summed E-state index contributed by atoms with van der Waals surface area (Å²) >= 11 is 0. The van der Waals surface area contributed by atoms with Crippen molar-refractivity contribution in [1.29, 1.82) is 0 Å². The smallest absolute Gasteiger partial charge is 0.153 e. The van der Waals surface area contributed by atoms with Gasteiger partial charge in [0.25, 0.3) is 0 Å². The lowest BCUT2D eigenvalue weighted by molar-refractivity contribution is -0.874. The number of hydrogen-bond donors (Lipinski definition) is 0. The van der Waals surface area contributed by atoms with E-state index in [9.17, 15) is 5.11 Å². The molecular formula is C27H25NO. The summed E-state index contributed by atoms with van der Waals surface area (Å²) in [5.74, 6) is 0.258. The minimum atomic E-state index is 0.258. The maximum Gasteiger partial charge on any atom is 0.153 e. The van der Waals surface area contributed by atoms with Crippen LogP contribution in [0.4, 0.5) is 0 Å². The van der Waals surface area contributed by atoms with Gasteiger partial charge >= 0.3 is 0 Å². The first-order valence-corrected chi connectivity index (χ1v) is 10.5. The summed E-state index contributed by atoms with van der Waals surface area (Å²) in [7, 11) is 0. The fraction of sp³-hybridized carbons (Fsp3) is 0.185. The molecule has 0 saturated carbocycles. The molecule has 144 valence electrons. The molecule has 2 heteroatoms. The van der Waals surface area contributed by atoms with Crippen molar-refractivity contribution in [2.45, 2.75) is 19.3 Å². The van der Waals surface area contributed by atoms with E-state index in [1.165, 1.54) is 12.1 Å². The molecule has 0 amide bonds. The van der Waals surface area contributed by atoms with Crippen molar-refractivity contribution >= 4 is 16.8 Å². The molecule has 0 radical (unpaired) electrons. The largest absolute Gasteiger partial charge is 0.830 e. The van der Waals surface area contributed by atoms with Crippen LogP contribution in [0.5, 0.6) is 0 Å². The quantitative estimate of drug-likeness (QED) is 0.567. The Hall–Kier alpha value is -3.10. The molecule has 0 unspecified atom stereocenters. The molecule has 1 spiro atoms. The van der Waals surface area contributed by atoms with Crippen LogP contribution >= 0.6 is 0 Å². The standard InChI is InChI=1S/C27H25NO/c29-27-25(22-15-7-2-8-16-22)24(21-13-5-1-6-14-21)26(23-17-9-3-10-18-23)28(27)19-11-4-12-20-28/h1-3,5-10,13-18H,4,11-12,19-20H2.